The second-order valence-electron chi connectivity index (χ2n) is 7.59. The zero-order chi connectivity index (χ0) is 18.0. The Kier molecular flexibility index (Phi) is 4.97. The minimum atomic E-state index is -0.845. The van der Waals surface area contributed by atoms with Crippen molar-refractivity contribution in [2.45, 2.75) is 51.0 Å². The number of nitrogens with one attached hydrogen (secondary N) is 1. The molecule has 136 valence electrons. The summed E-state index contributed by atoms with van der Waals surface area (Å²) < 4.78 is 13.0. The van der Waals surface area contributed by atoms with Gasteiger partial charge in [0, 0.05) is 19.1 Å². The van der Waals surface area contributed by atoms with Gasteiger partial charge in [-0.15, -0.1) is 0 Å². The van der Waals surface area contributed by atoms with Gasteiger partial charge in [0.25, 0.3) is 0 Å². The molecule has 1 atom stereocenters. The van der Waals surface area contributed by atoms with Crippen LogP contribution in [0.2, 0.25) is 0 Å². The Bertz CT molecular complexity index is 641. The fourth-order valence-electron chi connectivity index (χ4n) is 3.88. The number of nitrogens with zero attached hydrogens (tertiary/aromatic N) is 1. The summed E-state index contributed by atoms with van der Waals surface area (Å²) >= 11 is 0. The van der Waals surface area contributed by atoms with Gasteiger partial charge in [-0.2, -0.15) is 0 Å². The maximum atomic E-state index is 13.0. The number of benzene rings is 1. The second-order valence-corrected chi connectivity index (χ2v) is 7.59. The Labute approximate surface area is 147 Å². The standard InChI is InChI=1S/C19H25FN2O3/c1-19(17(23)24)10-11-22(12-19)18(25)21-16-8-4-14(5-9-16)13-2-6-15(20)7-3-13/h2-3,6-7,14,16H,4-5,8-12H2,1H3,(H,21,25)(H,23,24). The molecular formula is C19H25FN2O3. The largest absolute Gasteiger partial charge is 0.481 e. The molecule has 1 aliphatic carbocycles. The molecule has 1 aromatic rings. The van der Waals surface area contributed by atoms with E-state index >= 15 is 0 Å². The first kappa shape index (κ1) is 17.7. The lowest BCUT2D eigenvalue weighted by atomic mass is 9.82. The highest BCUT2D eigenvalue weighted by Gasteiger charge is 2.42. The predicted octanol–water partition coefficient (Wildman–Crippen LogP) is 3.36. The molecule has 2 amide bonds. The normalized spacial score (nSPS) is 29.4. The summed E-state index contributed by atoms with van der Waals surface area (Å²) in [5.74, 6) is -0.651. The van der Waals surface area contributed by atoms with E-state index in [1.807, 2.05) is 12.1 Å². The molecule has 1 aliphatic heterocycles. The molecule has 1 saturated carbocycles. The third-order valence-corrected chi connectivity index (χ3v) is 5.67. The smallest absolute Gasteiger partial charge is 0.317 e. The van der Waals surface area contributed by atoms with Crippen LogP contribution in [0.3, 0.4) is 0 Å². The highest BCUT2D eigenvalue weighted by atomic mass is 19.1. The van der Waals surface area contributed by atoms with E-state index in [4.69, 9.17) is 0 Å². The van der Waals surface area contributed by atoms with Crippen LogP contribution < -0.4 is 5.32 Å². The predicted molar refractivity (Wildman–Crippen MR) is 91.9 cm³/mol. The van der Waals surface area contributed by atoms with Gasteiger partial charge >= 0.3 is 12.0 Å². The molecule has 6 heteroatoms. The minimum absolute atomic E-state index is 0.126. The Morgan fingerprint density at radius 1 is 1.20 bits per heavy atom. The van der Waals surface area contributed by atoms with E-state index < -0.39 is 11.4 Å². The number of aliphatic carboxylic acids is 1. The van der Waals surface area contributed by atoms with Gasteiger partial charge in [0.1, 0.15) is 5.82 Å². The van der Waals surface area contributed by atoms with Crippen molar-refractivity contribution in [1.29, 1.82) is 0 Å². The molecule has 0 radical (unpaired) electrons. The van der Waals surface area contributed by atoms with Crippen molar-refractivity contribution < 1.29 is 19.1 Å². The van der Waals surface area contributed by atoms with Gasteiger partial charge in [0.2, 0.25) is 0 Å². The Morgan fingerprint density at radius 2 is 1.84 bits per heavy atom. The first-order valence-corrected chi connectivity index (χ1v) is 8.92. The van der Waals surface area contributed by atoms with Gasteiger partial charge in [0.05, 0.1) is 5.41 Å². The highest BCUT2D eigenvalue weighted by Crippen LogP contribution is 2.34. The molecule has 25 heavy (non-hydrogen) atoms. The van der Waals surface area contributed by atoms with Gasteiger partial charge in [-0.25, -0.2) is 9.18 Å². The molecule has 1 unspecified atom stereocenters. The lowest BCUT2D eigenvalue weighted by Crippen LogP contribution is -2.46. The second kappa shape index (κ2) is 7.02. The van der Waals surface area contributed by atoms with Crippen LogP contribution in [-0.2, 0) is 4.79 Å². The lowest BCUT2D eigenvalue weighted by molar-refractivity contribution is -0.147. The minimum Gasteiger partial charge on any atom is -0.481 e. The molecule has 3 rings (SSSR count). The van der Waals surface area contributed by atoms with E-state index in [1.165, 1.54) is 12.1 Å². The summed E-state index contributed by atoms with van der Waals surface area (Å²) in [7, 11) is 0. The molecule has 2 fully saturated rings. The Hall–Kier alpha value is -2.11. The number of hydrogen-bond acceptors (Lipinski definition) is 2. The van der Waals surface area contributed by atoms with Crippen LogP contribution in [0, 0.1) is 11.2 Å². The number of carbonyl (C=O) groups excluding carboxylic acids is 1. The van der Waals surface area contributed by atoms with Crippen LogP contribution in [0.5, 0.6) is 0 Å². The van der Waals surface area contributed by atoms with Crippen molar-refractivity contribution in [3.63, 3.8) is 0 Å². The molecule has 2 aliphatic rings. The molecular weight excluding hydrogens is 323 g/mol. The lowest BCUT2D eigenvalue weighted by Gasteiger charge is -2.31. The van der Waals surface area contributed by atoms with Crippen molar-refractivity contribution in [2.24, 2.45) is 5.41 Å². The van der Waals surface area contributed by atoms with Crippen molar-refractivity contribution >= 4 is 12.0 Å². The summed E-state index contributed by atoms with van der Waals surface area (Å²) in [6, 6.07) is 6.65. The van der Waals surface area contributed by atoms with E-state index in [0.717, 1.165) is 31.2 Å². The molecule has 1 heterocycles. The summed E-state index contributed by atoms with van der Waals surface area (Å²) in [5.41, 5.74) is 0.320. The van der Waals surface area contributed by atoms with Crippen LogP contribution >= 0.6 is 0 Å². The molecule has 0 bridgehead atoms. The van der Waals surface area contributed by atoms with Gasteiger partial charge < -0.3 is 15.3 Å². The third-order valence-electron chi connectivity index (χ3n) is 5.67. The van der Waals surface area contributed by atoms with Crippen LogP contribution in [-0.4, -0.2) is 41.1 Å². The average Bonchev–Trinajstić information content (AvgIpc) is 3.00. The monoisotopic (exact) mass is 348 g/mol. The number of hydrogen-bond donors (Lipinski definition) is 2. The van der Waals surface area contributed by atoms with Gasteiger partial charge in [-0.1, -0.05) is 12.1 Å². The van der Waals surface area contributed by atoms with E-state index in [9.17, 15) is 19.1 Å². The topological polar surface area (TPSA) is 69.6 Å². The van der Waals surface area contributed by atoms with Crippen molar-refractivity contribution in [1.82, 2.24) is 10.2 Å². The van der Waals surface area contributed by atoms with Crippen molar-refractivity contribution in [3.8, 4) is 0 Å². The highest BCUT2D eigenvalue weighted by molar-refractivity contribution is 5.79. The van der Waals surface area contributed by atoms with Crippen LogP contribution in [0.25, 0.3) is 0 Å². The molecule has 5 nitrogen and oxygen atoms in total. The van der Waals surface area contributed by atoms with E-state index in [-0.39, 0.29) is 24.4 Å². The van der Waals surface area contributed by atoms with Crippen molar-refractivity contribution in [2.75, 3.05) is 13.1 Å². The van der Waals surface area contributed by atoms with Gasteiger partial charge in [0.15, 0.2) is 0 Å². The molecule has 0 spiro atoms. The Morgan fingerprint density at radius 3 is 2.40 bits per heavy atom. The molecule has 2 N–H and O–H groups in total. The average molecular weight is 348 g/mol. The summed E-state index contributed by atoms with van der Waals surface area (Å²) in [6.45, 7) is 2.44. The summed E-state index contributed by atoms with van der Waals surface area (Å²) in [4.78, 5) is 25.3. The maximum absolute atomic E-state index is 13.0. The van der Waals surface area contributed by atoms with Crippen LogP contribution in [0.4, 0.5) is 9.18 Å². The first-order chi connectivity index (χ1) is 11.9. The zero-order valence-corrected chi connectivity index (χ0v) is 14.5. The zero-order valence-electron chi connectivity index (χ0n) is 14.5. The van der Waals surface area contributed by atoms with Crippen molar-refractivity contribution in [3.05, 3.63) is 35.6 Å². The number of urea groups is 1. The third kappa shape index (κ3) is 3.94. The number of halogens is 1. The van der Waals surface area contributed by atoms with E-state index in [2.05, 4.69) is 5.32 Å². The molecule has 1 aromatic carbocycles. The number of carboxylic acid groups (broad SMARTS) is 1. The molecule has 1 saturated heterocycles. The first-order valence-electron chi connectivity index (χ1n) is 8.92. The fraction of sp³-hybridized carbons (Fsp3) is 0.579. The van der Waals surface area contributed by atoms with E-state index in [1.54, 1.807) is 11.8 Å². The maximum Gasteiger partial charge on any atom is 0.317 e. The van der Waals surface area contributed by atoms with Gasteiger partial charge in [-0.05, 0) is 62.6 Å². The summed E-state index contributed by atoms with van der Waals surface area (Å²) in [5, 5.41) is 12.3. The van der Waals surface area contributed by atoms with Crippen LogP contribution in [0.15, 0.2) is 24.3 Å². The number of rotatable bonds is 3. The fourth-order valence-corrected chi connectivity index (χ4v) is 3.88. The number of carboxylic acids is 1. The number of likely N-dealkylation sites (tertiary alicyclic amines) is 1. The van der Waals surface area contributed by atoms with E-state index in [0.29, 0.717) is 18.9 Å². The molecule has 0 aromatic heterocycles. The number of carbonyl (C=O) groups is 2. The number of amides is 2. The summed E-state index contributed by atoms with van der Waals surface area (Å²) in [6.07, 6.45) is 4.19. The quantitative estimate of drug-likeness (QED) is 0.880. The SMILES string of the molecule is CC1(C(=O)O)CCN(C(=O)NC2CCC(c3ccc(F)cc3)CC2)C1. The van der Waals surface area contributed by atoms with Crippen LogP contribution in [0.1, 0.15) is 50.5 Å². The van der Waals surface area contributed by atoms with Gasteiger partial charge in [-0.3, -0.25) is 4.79 Å². The Balaban J connectivity index is 1.48.